The highest BCUT2D eigenvalue weighted by Crippen LogP contribution is 2.27. The van der Waals surface area contributed by atoms with E-state index < -0.39 is 0 Å². The molecule has 0 aliphatic rings. The molecule has 0 unspecified atom stereocenters. The molecule has 0 saturated carbocycles. The Hall–Kier alpha value is -2.93. The van der Waals surface area contributed by atoms with Crippen molar-refractivity contribution in [3.05, 3.63) is 53.6 Å². The Morgan fingerprint density at radius 2 is 1.60 bits per heavy atom. The lowest BCUT2D eigenvalue weighted by atomic mass is 10.2. The third kappa shape index (κ3) is 7.83. The topological polar surface area (TPSA) is 73.3 Å². The molecular formula is C23H33N3O4. The average molecular weight is 416 g/mol. The minimum atomic E-state index is 0.545. The molecule has 2 aromatic carbocycles. The number of nitrogens with zero attached hydrogens (tertiary/aromatic N) is 1. The third-order valence-corrected chi connectivity index (χ3v) is 4.40. The van der Waals surface area contributed by atoms with Gasteiger partial charge < -0.3 is 29.6 Å². The average Bonchev–Trinajstić information content (AvgIpc) is 2.79. The molecule has 0 bridgehead atoms. The zero-order valence-electron chi connectivity index (χ0n) is 18.4. The molecule has 2 N–H and O–H groups in total. The van der Waals surface area contributed by atoms with E-state index >= 15 is 0 Å². The Morgan fingerprint density at radius 1 is 0.867 bits per heavy atom. The molecule has 0 amide bonds. The highest BCUT2D eigenvalue weighted by molar-refractivity contribution is 5.79. The van der Waals surface area contributed by atoms with Crippen LogP contribution in [0.3, 0.4) is 0 Å². The normalized spacial score (nSPS) is 11.1. The number of benzene rings is 2. The summed E-state index contributed by atoms with van der Waals surface area (Å²) < 4.78 is 21.5. The molecule has 0 heterocycles. The van der Waals surface area contributed by atoms with Crippen LogP contribution in [0, 0.1) is 0 Å². The quantitative estimate of drug-likeness (QED) is 0.315. The number of rotatable bonds is 12. The van der Waals surface area contributed by atoms with Crippen molar-refractivity contribution in [1.29, 1.82) is 0 Å². The van der Waals surface area contributed by atoms with Crippen LogP contribution in [0.2, 0.25) is 0 Å². The van der Waals surface area contributed by atoms with E-state index in [2.05, 4.69) is 15.6 Å². The van der Waals surface area contributed by atoms with Crippen molar-refractivity contribution < 1.29 is 18.9 Å². The summed E-state index contributed by atoms with van der Waals surface area (Å²) in [5.41, 5.74) is 2.18. The van der Waals surface area contributed by atoms with Crippen molar-refractivity contribution in [3.8, 4) is 17.2 Å². The fraction of sp³-hybridized carbons (Fsp3) is 0.435. The van der Waals surface area contributed by atoms with Gasteiger partial charge in [-0.15, -0.1) is 0 Å². The van der Waals surface area contributed by atoms with Crippen molar-refractivity contribution in [3.63, 3.8) is 0 Å². The largest absolute Gasteiger partial charge is 0.497 e. The molecule has 0 aromatic heterocycles. The first-order valence-corrected chi connectivity index (χ1v) is 10.1. The van der Waals surface area contributed by atoms with Gasteiger partial charge in [-0.2, -0.15) is 0 Å². The number of hydrogen-bond donors (Lipinski definition) is 2. The monoisotopic (exact) mass is 415 g/mol. The first kappa shape index (κ1) is 23.3. The third-order valence-electron chi connectivity index (χ3n) is 4.40. The zero-order chi connectivity index (χ0) is 21.6. The van der Waals surface area contributed by atoms with Crippen molar-refractivity contribution in [2.45, 2.75) is 26.5 Å². The molecule has 0 aliphatic carbocycles. The zero-order valence-corrected chi connectivity index (χ0v) is 18.4. The van der Waals surface area contributed by atoms with Crippen LogP contribution in [-0.4, -0.2) is 47.0 Å². The van der Waals surface area contributed by atoms with Crippen LogP contribution in [0.1, 0.15) is 24.5 Å². The van der Waals surface area contributed by atoms with E-state index in [0.29, 0.717) is 31.3 Å². The Kier molecular flexibility index (Phi) is 10.4. The summed E-state index contributed by atoms with van der Waals surface area (Å²) >= 11 is 0. The molecule has 0 aliphatic heterocycles. The van der Waals surface area contributed by atoms with Gasteiger partial charge >= 0.3 is 0 Å². The molecular weight excluding hydrogens is 382 g/mol. The molecule has 0 fully saturated rings. The molecule has 2 aromatic rings. The van der Waals surface area contributed by atoms with Crippen molar-refractivity contribution >= 4 is 5.96 Å². The first-order chi connectivity index (χ1) is 14.7. The van der Waals surface area contributed by atoms with Gasteiger partial charge in [-0.05, 0) is 48.7 Å². The fourth-order valence-corrected chi connectivity index (χ4v) is 2.78. The van der Waals surface area contributed by atoms with Crippen LogP contribution in [0.5, 0.6) is 17.2 Å². The van der Waals surface area contributed by atoms with E-state index in [0.717, 1.165) is 42.3 Å². The lowest BCUT2D eigenvalue weighted by Crippen LogP contribution is -2.38. The molecule has 30 heavy (non-hydrogen) atoms. The van der Waals surface area contributed by atoms with Crippen molar-refractivity contribution in [2.24, 2.45) is 4.99 Å². The van der Waals surface area contributed by atoms with E-state index in [1.54, 1.807) is 21.3 Å². The van der Waals surface area contributed by atoms with Crippen LogP contribution < -0.4 is 24.8 Å². The molecule has 0 radical (unpaired) electrons. The van der Waals surface area contributed by atoms with E-state index in [-0.39, 0.29) is 0 Å². The maximum atomic E-state index is 5.74. The lowest BCUT2D eigenvalue weighted by molar-refractivity contribution is 0.119. The first-order valence-electron chi connectivity index (χ1n) is 10.1. The predicted molar refractivity (Wildman–Crippen MR) is 120 cm³/mol. The molecule has 7 nitrogen and oxygen atoms in total. The van der Waals surface area contributed by atoms with Gasteiger partial charge in [0.05, 0.1) is 34.5 Å². The van der Waals surface area contributed by atoms with Gasteiger partial charge in [0.15, 0.2) is 17.5 Å². The molecule has 0 saturated heterocycles. The second kappa shape index (κ2) is 13.3. The summed E-state index contributed by atoms with van der Waals surface area (Å²) in [5, 5.41) is 6.60. The number of ether oxygens (including phenoxy) is 4. The Morgan fingerprint density at radius 3 is 2.27 bits per heavy atom. The van der Waals surface area contributed by atoms with Gasteiger partial charge in [0, 0.05) is 19.7 Å². The van der Waals surface area contributed by atoms with Gasteiger partial charge in [-0.3, -0.25) is 0 Å². The highest BCUT2D eigenvalue weighted by atomic mass is 16.5. The Labute approximate surface area is 179 Å². The smallest absolute Gasteiger partial charge is 0.191 e. The van der Waals surface area contributed by atoms with Crippen LogP contribution >= 0.6 is 0 Å². The highest BCUT2D eigenvalue weighted by Gasteiger charge is 2.05. The summed E-state index contributed by atoms with van der Waals surface area (Å²) in [6.45, 7) is 5.44. The SMILES string of the molecule is CCNC(=NCc1ccc(OC)c(OC)c1)NCCCOCc1ccc(OC)cc1. The fourth-order valence-electron chi connectivity index (χ4n) is 2.78. The van der Waals surface area contributed by atoms with Gasteiger partial charge in [0.2, 0.25) is 0 Å². The van der Waals surface area contributed by atoms with Crippen molar-refractivity contribution in [1.82, 2.24) is 10.6 Å². The van der Waals surface area contributed by atoms with Gasteiger partial charge in [0.1, 0.15) is 5.75 Å². The van der Waals surface area contributed by atoms with Crippen LogP contribution in [0.15, 0.2) is 47.5 Å². The number of hydrogen-bond acceptors (Lipinski definition) is 5. The predicted octanol–water partition coefficient (Wildman–Crippen LogP) is 3.37. The second-order valence-electron chi connectivity index (χ2n) is 6.57. The number of aliphatic imine (C=N–C) groups is 1. The molecule has 164 valence electrons. The molecule has 2 rings (SSSR count). The van der Waals surface area contributed by atoms with E-state index in [1.807, 2.05) is 49.4 Å². The second-order valence-corrected chi connectivity index (χ2v) is 6.57. The summed E-state index contributed by atoms with van der Waals surface area (Å²) in [6, 6.07) is 13.7. The number of guanidine groups is 1. The minimum Gasteiger partial charge on any atom is -0.497 e. The standard InChI is InChI=1S/C23H33N3O4/c1-5-24-23(26-16-19-9-12-21(28-3)22(15-19)29-4)25-13-6-14-30-17-18-7-10-20(27-2)11-8-18/h7-12,15H,5-6,13-14,16-17H2,1-4H3,(H2,24,25,26). The summed E-state index contributed by atoms with van der Waals surface area (Å²) in [4.78, 5) is 4.64. The van der Waals surface area contributed by atoms with E-state index in [9.17, 15) is 0 Å². The lowest BCUT2D eigenvalue weighted by Gasteiger charge is -2.12. The number of methoxy groups -OCH3 is 3. The Balaban J connectivity index is 1.74. The van der Waals surface area contributed by atoms with Crippen LogP contribution in [-0.2, 0) is 17.9 Å². The Bertz CT molecular complexity index is 779. The van der Waals surface area contributed by atoms with Crippen LogP contribution in [0.4, 0.5) is 0 Å². The van der Waals surface area contributed by atoms with E-state index in [4.69, 9.17) is 18.9 Å². The van der Waals surface area contributed by atoms with Crippen molar-refractivity contribution in [2.75, 3.05) is 41.0 Å². The number of nitrogens with one attached hydrogen (secondary N) is 2. The van der Waals surface area contributed by atoms with Gasteiger partial charge in [0.25, 0.3) is 0 Å². The maximum absolute atomic E-state index is 5.74. The van der Waals surface area contributed by atoms with Gasteiger partial charge in [-0.1, -0.05) is 18.2 Å². The van der Waals surface area contributed by atoms with Gasteiger partial charge in [-0.25, -0.2) is 4.99 Å². The minimum absolute atomic E-state index is 0.545. The summed E-state index contributed by atoms with van der Waals surface area (Å²) in [5.74, 6) is 3.05. The summed E-state index contributed by atoms with van der Waals surface area (Å²) in [7, 11) is 4.92. The summed E-state index contributed by atoms with van der Waals surface area (Å²) in [6.07, 6.45) is 0.886. The van der Waals surface area contributed by atoms with E-state index in [1.165, 1.54) is 0 Å². The van der Waals surface area contributed by atoms with Crippen LogP contribution in [0.25, 0.3) is 0 Å². The molecule has 0 atom stereocenters. The molecule has 0 spiro atoms. The maximum Gasteiger partial charge on any atom is 0.191 e. The molecule has 7 heteroatoms.